The van der Waals surface area contributed by atoms with E-state index < -0.39 is 0 Å². The average molecular weight is 225 g/mol. The number of carbonyl (C=O) groups is 1. The van der Waals surface area contributed by atoms with Gasteiger partial charge in [-0.15, -0.1) is 0 Å². The van der Waals surface area contributed by atoms with E-state index in [0.29, 0.717) is 0 Å². The maximum atomic E-state index is 11.4. The fourth-order valence-electron chi connectivity index (χ4n) is 3.09. The van der Waals surface area contributed by atoms with Crippen molar-refractivity contribution in [2.75, 3.05) is 26.7 Å². The van der Waals surface area contributed by atoms with Crippen LogP contribution < -0.4 is 0 Å². The summed E-state index contributed by atoms with van der Waals surface area (Å²) in [7, 11) is 1.49. The highest BCUT2D eigenvalue weighted by molar-refractivity contribution is 5.72. The van der Waals surface area contributed by atoms with Crippen molar-refractivity contribution in [2.24, 2.45) is 11.8 Å². The summed E-state index contributed by atoms with van der Waals surface area (Å²) in [4.78, 5) is 13.9. The lowest BCUT2D eigenvalue weighted by atomic mass is 9.89. The van der Waals surface area contributed by atoms with Crippen molar-refractivity contribution in [3.05, 3.63) is 0 Å². The van der Waals surface area contributed by atoms with Crippen LogP contribution in [0.5, 0.6) is 0 Å². The molecule has 0 aromatic heterocycles. The van der Waals surface area contributed by atoms with E-state index in [2.05, 4.69) is 4.90 Å². The van der Waals surface area contributed by atoms with E-state index in [1.165, 1.54) is 45.8 Å². The summed E-state index contributed by atoms with van der Waals surface area (Å²) in [6.07, 6.45) is 7.98. The predicted octanol–water partition coefficient (Wildman–Crippen LogP) is 2.06. The van der Waals surface area contributed by atoms with Crippen molar-refractivity contribution in [1.29, 1.82) is 0 Å². The number of methoxy groups -OCH3 is 1. The second-order valence-electron chi connectivity index (χ2n) is 5.27. The quantitative estimate of drug-likeness (QED) is 0.689. The molecule has 1 unspecified atom stereocenters. The van der Waals surface area contributed by atoms with E-state index in [0.717, 1.165) is 25.4 Å². The van der Waals surface area contributed by atoms with Gasteiger partial charge in [0.15, 0.2) is 0 Å². The lowest BCUT2D eigenvalue weighted by Crippen LogP contribution is -2.30. The predicted molar refractivity (Wildman–Crippen MR) is 63.1 cm³/mol. The Hall–Kier alpha value is -0.570. The summed E-state index contributed by atoms with van der Waals surface area (Å²) in [6, 6.07) is 0. The van der Waals surface area contributed by atoms with Gasteiger partial charge in [-0.2, -0.15) is 0 Å². The van der Waals surface area contributed by atoms with Gasteiger partial charge in [0.05, 0.1) is 13.0 Å². The summed E-state index contributed by atoms with van der Waals surface area (Å²) in [5, 5.41) is 0. The Morgan fingerprint density at radius 3 is 2.69 bits per heavy atom. The van der Waals surface area contributed by atoms with Crippen LogP contribution in [0.25, 0.3) is 0 Å². The highest BCUT2D eigenvalue weighted by Crippen LogP contribution is 2.26. The third-order valence-electron chi connectivity index (χ3n) is 4.05. The molecule has 0 aromatic carbocycles. The summed E-state index contributed by atoms with van der Waals surface area (Å²) in [5.74, 6) is 0.991. The van der Waals surface area contributed by atoms with Gasteiger partial charge in [0.1, 0.15) is 0 Å². The molecule has 1 aliphatic carbocycles. The van der Waals surface area contributed by atoms with Crippen LogP contribution in [0.3, 0.4) is 0 Å². The number of rotatable bonds is 3. The molecule has 2 aliphatic rings. The molecule has 0 aromatic rings. The second kappa shape index (κ2) is 5.67. The van der Waals surface area contributed by atoms with E-state index in [-0.39, 0.29) is 11.9 Å². The first-order valence-corrected chi connectivity index (χ1v) is 6.60. The van der Waals surface area contributed by atoms with Crippen molar-refractivity contribution in [2.45, 2.75) is 38.5 Å². The molecule has 2 fully saturated rings. The number of hydrogen-bond acceptors (Lipinski definition) is 3. The van der Waals surface area contributed by atoms with E-state index in [4.69, 9.17) is 4.74 Å². The van der Waals surface area contributed by atoms with Crippen molar-refractivity contribution in [3.8, 4) is 0 Å². The summed E-state index contributed by atoms with van der Waals surface area (Å²) < 4.78 is 4.81. The zero-order valence-electron chi connectivity index (χ0n) is 10.3. The van der Waals surface area contributed by atoms with Gasteiger partial charge in [0.25, 0.3) is 0 Å². The number of hydrogen-bond donors (Lipinski definition) is 0. The van der Waals surface area contributed by atoms with Crippen LogP contribution in [0.4, 0.5) is 0 Å². The first-order chi connectivity index (χ1) is 7.79. The molecule has 16 heavy (non-hydrogen) atoms. The Labute approximate surface area is 98.1 Å². The van der Waals surface area contributed by atoms with Gasteiger partial charge >= 0.3 is 5.97 Å². The molecule has 1 aliphatic heterocycles. The summed E-state index contributed by atoms with van der Waals surface area (Å²) in [5.41, 5.74) is 0. The Morgan fingerprint density at radius 2 is 2.00 bits per heavy atom. The van der Waals surface area contributed by atoms with E-state index >= 15 is 0 Å². The minimum Gasteiger partial charge on any atom is -0.469 e. The van der Waals surface area contributed by atoms with Crippen LogP contribution in [0.2, 0.25) is 0 Å². The highest BCUT2D eigenvalue weighted by atomic mass is 16.5. The first kappa shape index (κ1) is 11.9. The molecule has 3 heteroatoms. The molecule has 0 amide bonds. The van der Waals surface area contributed by atoms with Gasteiger partial charge in [0.2, 0.25) is 0 Å². The standard InChI is InChI=1S/C13H23NO2/c1-16-13(15)12-7-8-14(10-12)9-11-5-3-2-4-6-11/h11-12H,2-10H2,1H3. The molecule has 0 spiro atoms. The molecule has 1 saturated heterocycles. The molecule has 0 bridgehead atoms. The third kappa shape index (κ3) is 2.97. The Bertz CT molecular complexity index is 236. The molecule has 92 valence electrons. The molecular formula is C13H23NO2. The summed E-state index contributed by atoms with van der Waals surface area (Å²) in [6.45, 7) is 3.20. The largest absolute Gasteiger partial charge is 0.469 e. The fourth-order valence-corrected chi connectivity index (χ4v) is 3.09. The molecule has 1 atom stereocenters. The lowest BCUT2D eigenvalue weighted by molar-refractivity contribution is -0.144. The van der Waals surface area contributed by atoms with Crippen LogP contribution >= 0.6 is 0 Å². The average Bonchev–Trinajstić information content (AvgIpc) is 2.78. The van der Waals surface area contributed by atoms with Crippen LogP contribution in [-0.4, -0.2) is 37.6 Å². The maximum Gasteiger partial charge on any atom is 0.310 e. The van der Waals surface area contributed by atoms with Crippen molar-refractivity contribution in [3.63, 3.8) is 0 Å². The van der Waals surface area contributed by atoms with Crippen LogP contribution in [-0.2, 0) is 9.53 Å². The highest BCUT2D eigenvalue weighted by Gasteiger charge is 2.30. The molecule has 0 radical (unpaired) electrons. The van der Waals surface area contributed by atoms with Crippen LogP contribution in [0.15, 0.2) is 0 Å². The topological polar surface area (TPSA) is 29.5 Å². The molecular weight excluding hydrogens is 202 g/mol. The van der Waals surface area contributed by atoms with E-state index in [1.807, 2.05) is 0 Å². The number of ether oxygens (including phenoxy) is 1. The molecule has 0 N–H and O–H groups in total. The molecule has 1 heterocycles. The smallest absolute Gasteiger partial charge is 0.310 e. The van der Waals surface area contributed by atoms with Gasteiger partial charge in [-0.05, 0) is 31.7 Å². The Morgan fingerprint density at radius 1 is 1.25 bits per heavy atom. The van der Waals surface area contributed by atoms with Crippen molar-refractivity contribution >= 4 is 5.97 Å². The minimum atomic E-state index is -0.0221. The van der Waals surface area contributed by atoms with Gasteiger partial charge < -0.3 is 9.64 Å². The number of likely N-dealkylation sites (tertiary alicyclic amines) is 1. The van der Waals surface area contributed by atoms with Gasteiger partial charge in [0, 0.05) is 13.1 Å². The fraction of sp³-hybridized carbons (Fsp3) is 0.923. The normalized spacial score (nSPS) is 28.2. The lowest BCUT2D eigenvalue weighted by Gasteiger charge is -2.26. The SMILES string of the molecule is COC(=O)C1CCN(CC2CCCCC2)C1. The van der Waals surface area contributed by atoms with Crippen LogP contribution in [0.1, 0.15) is 38.5 Å². The monoisotopic (exact) mass is 225 g/mol. The minimum absolute atomic E-state index is 0.0221. The second-order valence-corrected chi connectivity index (χ2v) is 5.27. The van der Waals surface area contributed by atoms with E-state index in [9.17, 15) is 4.79 Å². The molecule has 3 nitrogen and oxygen atoms in total. The molecule has 1 saturated carbocycles. The number of carbonyl (C=O) groups excluding carboxylic acids is 1. The first-order valence-electron chi connectivity index (χ1n) is 6.60. The number of nitrogens with zero attached hydrogens (tertiary/aromatic N) is 1. The summed E-state index contributed by atoms with van der Waals surface area (Å²) >= 11 is 0. The van der Waals surface area contributed by atoms with Gasteiger partial charge in [-0.3, -0.25) is 4.79 Å². The van der Waals surface area contributed by atoms with Gasteiger partial charge in [-0.1, -0.05) is 19.3 Å². The third-order valence-corrected chi connectivity index (χ3v) is 4.05. The zero-order valence-corrected chi connectivity index (χ0v) is 10.3. The molecule has 2 rings (SSSR count). The zero-order chi connectivity index (χ0) is 11.4. The van der Waals surface area contributed by atoms with Crippen molar-refractivity contribution < 1.29 is 9.53 Å². The van der Waals surface area contributed by atoms with Crippen LogP contribution in [0, 0.1) is 11.8 Å². The Kier molecular flexibility index (Phi) is 4.22. The van der Waals surface area contributed by atoms with Gasteiger partial charge in [-0.25, -0.2) is 0 Å². The van der Waals surface area contributed by atoms with Crippen molar-refractivity contribution in [1.82, 2.24) is 4.90 Å². The Balaban J connectivity index is 1.73. The number of esters is 1. The van der Waals surface area contributed by atoms with E-state index in [1.54, 1.807) is 0 Å². The maximum absolute atomic E-state index is 11.4.